The van der Waals surface area contributed by atoms with Gasteiger partial charge in [0.1, 0.15) is 17.4 Å². The van der Waals surface area contributed by atoms with Crippen LogP contribution in [0.25, 0.3) is 22.4 Å². The first-order chi connectivity index (χ1) is 14.6. The van der Waals surface area contributed by atoms with E-state index in [-0.39, 0.29) is 5.82 Å². The molecule has 0 radical (unpaired) electrons. The molecule has 4 rings (SSSR count). The standard InChI is InChI=1S/C23H24FN5O/c1-15-12-18(30-11-3-8-25-13-17-14-26-9-10-27-17)4-5-19(15)23-28-21-7-6-20(24)16(2)22(21)29-23/h4-7,9-10,12,14,25H,3,8,11,13H2,1-2H3,(H,28,29). The summed E-state index contributed by atoms with van der Waals surface area (Å²) in [4.78, 5) is 16.2. The second-order valence-electron chi connectivity index (χ2n) is 7.21. The number of ether oxygens (including phenoxy) is 1. The Morgan fingerprint density at radius 2 is 2.03 bits per heavy atom. The van der Waals surface area contributed by atoms with Gasteiger partial charge in [-0.15, -0.1) is 0 Å². The molecule has 0 amide bonds. The van der Waals surface area contributed by atoms with E-state index in [1.54, 1.807) is 31.6 Å². The lowest BCUT2D eigenvalue weighted by Gasteiger charge is -2.09. The van der Waals surface area contributed by atoms with Crippen molar-refractivity contribution in [3.8, 4) is 17.1 Å². The smallest absolute Gasteiger partial charge is 0.138 e. The number of aryl methyl sites for hydroxylation is 2. The van der Waals surface area contributed by atoms with Crippen molar-refractivity contribution in [2.24, 2.45) is 0 Å². The van der Waals surface area contributed by atoms with Crippen molar-refractivity contribution in [2.45, 2.75) is 26.8 Å². The summed E-state index contributed by atoms with van der Waals surface area (Å²) < 4.78 is 19.7. The van der Waals surface area contributed by atoms with E-state index in [0.717, 1.165) is 46.9 Å². The van der Waals surface area contributed by atoms with Crippen LogP contribution in [0.15, 0.2) is 48.9 Å². The fraction of sp³-hybridized carbons (Fsp3) is 0.261. The van der Waals surface area contributed by atoms with Gasteiger partial charge < -0.3 is 15.0 Å². The molecule has 0 unspecified atom stereocenters. The van der Waals surface area contributed by atoms with Gasteiger partial charge in [-0.05, 0) is 62.7 Å². The van der Waals surface area contributed by atoms with Gasteiger partial charge >= 0.3 is 0 Å². The molecule has 4 aromatic rings. The minimum absolute atomic E-state index is 0.243. The Balaban J connectivity index is 1.33. The van der Waals surface area contributed by atoms with Crippen molar-refractivity contribution in [1.82, 2.24) is 25.3 Å². The van der Waals surface area contributed by atoms with Crippen LogP contribution >= 0.6 is 0 Å². The maximum atomic E-state index is 13.8. The zero-order chi connectivity index (χ0) is 20.9. The number of hydrogen-bond donors (Lipinski definition) is 2. The van der Waals surface area contributed by atoms with Gasteiger partial charge in [0.2, 0.25) is 0 Å². The first-order valence-electron chi connectivity index (χ1n) is 9.96. The summed E-state index contributed by atoms with van der Waals surface area (Å²) >= 11 is 0. The molecular formula is C23H24FN5O. The van der Waals surface area contributed by atoms with Crippen LogP contribution in [0.2, 0.25) is 0 Å². The van der Waals surface area contributed by atoms with E-state index in [4.69, 9.17) is 4.74 Å². The third-order valence-corrected chi connectivity index (χ3v) is 4.98. The molecule has 2 aromatic carbocycles. The van der Waals surface area contributed by atoms with E-state index in [1.807, 2.05) is 25.1 Å². The second kappa shape index (κ2) is 9.00. The monoisotopic (exact) mass is 405 g/mol. The number of nitrogens with one attached hydrogen (secondary N) is 2. The lowest BCUT2D eigenvalue weighted by atomic mass is 10.1. The first-order valence-corrected chi connectivity index (χ1v) is 9.96. The highest BCUT2D eigenvalue weighted by Gasteiger charge is 2.12. The SMILES string of the molecule is Cc1cc(OCCCNCc2cnccn2)ccc1-c1nc2c(C)c(F)ccc2[nH]1. The number of H-pyrrole nitrogens is 1. The number of nitrogens with zero attached hydrogens (tertiary/aromatic N) is 3. The fourth-order valence-electron chi connectivity index (χ4n) is 3.33. The number of aromatic nitrogens is 4. The Bertz CT molecular complexity index is 1140. The van der Waals surface area contributed by atoms with Gasteiger partial charge in [0, 0.05) is 36.3 Å². The van der Waals surface area contributed by atoms with E-state index in [2.05, 4.69) is 25.3 Å². The van der Waals surface area contributed by atoms with Crippen LogP contribution in [-0.2, 0) is 6.54 Å². The number of hydrogen-bond acceptors (Lipinski definition) is 5. The van der Waals surface area contributed by atoms with Gasteiger partial charge in [0.05, 0.1) is 23.3 Å². The molecule has 0 saturated heterocycles. The van der Waals surface area contributed by atoms with Crippen LogP contribution in [0.4, 0.5) is 4.39 Å². The largest absolute Gasteiger partial charge is 0.494 e. The summed E-state index contributed by atoms with van der Waals surface area (Å²) in [5.74, 6) is 1.31. The van der Waals surface area contributed by atoms with Crippen LogP contribution in [-0.4, -0.2) is 33.1 Å². The Morgan fingerprint density at radius 1 is 1.13 bits per heavy atom. The number of rotatable bonds is 8. The molecule has 0 aliphatic rings. The van der Waals surface area contributed by atoms with Gasteiger partial charge in [0.15, 0.2) is 0 Å². The topological polar surface area (TPSA) is 75.7 Å². The third kappa shape index (κ3) is 4.46. The average Bonchev–Trinajstić information content (AvgIpc) is 3.19. The Morgan fingerprint density at radius 3 is 2.83 bits per heavy atom. The van der Waals surface area contributed by atoms with Gasteiger partial charge in [-0.3, -0.25) is 9.97 Å². The number of fused-ring (bicyclic) bond motifs is 1. The normalized spacial score (nSPS) is 11.2. The van der Waals surface area contributed by atoms with Gasteiger partial charge in [-0.2, -0.15) is 0 Å². The quantitative estimate of drug-likeness (QED) is 0.427. The van der Waals surface area contributed by atoms with E-state index < -0.39 is 0 Å². The van der Waals surface area contributed by atoms with Crippen molar-refractivity contribution in [3.05, 3.63) is 71.6 Å². The van der Waals surface area contributed by atoms with Gasteiger partial charge in [-0.25, -0.2) is 9.37 Å². The lowest BCUT2D eigenvalue weighted by Crippen LogP contribution is -2.17. The summed E-state index contributed by atoms with van der Waals surface area (Å²) in [6.45, 7) is 5.92. The van der Waals surface area contributed by atoms with Gasteiger partial charge in [-0.1, -0.05) is 0 Å². The summed E-state index contributed by atoms with van der Waals surface area (Å²) in [5.41, 5.74) is 5.00. The highest BCUT2D eigenvalue weighted by molar-refractivity contribution is 5.83. The lowest BCUT2D eigenvalue weighted by molar-refractivity contribution is 0.308. The molecule has 0 aliphatic heterocycles. The number of aromatic amines is 1. The van der Waals surface area contributed by atoms with E-state index in [9.17, 15) is 4.39 Å². The Kier molecular flexibility index (Phi) is 5.99. The Labute approximate surface area is 174 Å². The Hall–Kier alpha value is -3.32. The molecule has 0 atom stereocenters. The minimum atomic E-state index is -0.243. The highest BCUT2D eigenvalue weighted by atomic mass is 19.1. The fourth-order valence-corrected chi connectivity index (χ4v) is 3.33. The molecule has 0 bridgehead atoms. The molecule has 0 spiro atoms. The molecule has 154 valence electrons. The van der Waals surface area contributed by atoms with Crippen molar-refractivity contribution in [1.29, 1.82) is 0 Å². The molecule has 2 aromatic heterocycles. The van der Waals surface area contributed by atoms with E-state index >= 15 is 0 Å². The molecule has 0 aliphatic carbocycles. The van der Waals surface area contributed by atoms with Crippen LogP contribution in [0, 0.1) is 19.7 Å². The summed E-state index contributed by atoms with van der Waals surface area (Å²) in [6.07, 6.45) is 6.00. The van der Waals surface area contributed by atoms with Crippen molar-refractivity contribution >= 4 is 11.0 Å². The van der Waals surface area contributed by atoms with Gasteiger partial charge in [0.25, 0.3) is 0 Å². The van der Waals surface area contributed by atoms with Crippen molar-refractivity contribution in [3.63, 3.8) is 0 Å². The maximum Gasteiger partial charge on any atom is 0.138 e. The minimum Gasteiger partial charge on any atom is -0.494 e. The maximum absolute atomic E-state index is 13.8. The number of halogens is 1. The highest BCUT2D eigenvalue weighted by Crippen LogP contribution is 2.28. The molecular weight excluding hydrogens is 381 g/mol. The van der Waals surface area contributed by atoms with E-state index in [0.29, 0.717) is 24.2 Å². The predicted octanol–water partition coefficient (Wildman–Crippen LogP) is 4.33. The number of benzene rings is 2. The van der Waals surface area contributed by atoms with Crippen LogP contribution < -0.4 is 10.1 Å². The zero-order valence-corrected chi connectivity index (χ0v) is 17.1. The summed E-state index contributed by atoms with van der Waals surface area (Å²) in [6, 6.07) is 9.12. The summed E-state index contributed by atoms with van der Waals surface area (Å²) in [5, 5.41) is 3.33. The molecule has 0 saturated carbocycles. The molecule has 2 heterocycles. The molecule has 30 heavy (non-hydrogen) atoms. The van der Waals surface area contributed by atoms with Crippen molar-refractivity contribution < 1.29 is 9.13 Å². The molecule has 0 fully saturated rings. The molecule has 6 nitrogen and oxygen atoms in total. The average molecular weight is 405 g/mol. The number of imidazole rings is 1. The molecule has 7 heteroatoms. The third-order valence-electron chi connectivity index (χ3n) is 4.98. The predicted molar refractivity (Wildman–Crippen MR) is 115 cm³/mol. The van der Waals surface area contributed by atoms with Crippen LogP contribution in [0.5, 0.6) is 5.75 Å². The molecule has 2 N–H and O–H groups in total. The summed E-state index contributed by atoms with van der Waals surface area (Å²) in [7, 11) is 0. The first kappa shape index (κ1) is 20.0. The van der Waals surface area contributed by atoms with Crippen molar-refractivity contribution in [2.75, 3.05) is 13.2 Å². The zero-order valence-electron chi connectivity index (χ0n) is 17.1. The van der Waals surface area contributed by atoms with Crippen LogP contribution in [0.1, 0.15) is 23.2 Å². The van der Waals surface area contributed by atoms with Crippen LogP contribution in [0.3, 0.4) is 0 Å². The van der Waals surface area contributed by atoms with E-state index in [1.165, 1.54) is 6.07 Å². The second-order valence-corrected chi connectivity index (χ2v) is 7.21.